The molecule has 0 unspecified atom stereocenters. The van der Waals surface area contributed by atoms with Crippen molar-refractivity contribution >= 4 is 21.8 Å². The lowest BCUT2D eigenvalue weighted by atomic mass is 10.2. The van der Waals surface area contributed by atoms with Gasteiger partial charge in [-0.15, -0.1) is 0 Å². The molecule has 0 saturated carbocycles. The molecular formula is C13H19FN2O2S2. The topological polar surface area (TPSA) is 49.4 Å². The van der Waals surface area contributed by atoms with Crippen LogP contribution in [0.25, 0.3) is 0 Å². The van der Waals surface area contributed by atoms with Crippen molar-refractivity contribution in [2.24, 2.45) is 0 Å². The van der Waals surface area contributed by atoms with Gasteiger partial charge in [-0.2, -0.15) is 16.1 Å². The van der Waals surface area contributed by atoms with Crippen molar-refractivity contribution < 1.29 is 12.8 Å². The van der Waals surface area contributed by atoms with Gasteiger partial charge in [0.1, 0.15) is 5.82 Å². The number of hydrogen-bond donors (Lipinski definition) is 1. The highest BCUT2D eigenvalue weighted by atomic mass is 32.2. The summed E-state index contributed by atoms with van der Waals surface area (Å²) in [6.45, 7) is 1.37. The van der Waals surface area contributed by atoms with E-state index in [4.69, 9.17) is 0 Å². The molecule has 0 aromatic heterocycles. The maximum Gasteiger partial charge on any atom is 0.243 e. The zero-order chi connectivity index (χ0) is 14.6. The predicted octanol–water partition coefficient (Wildman–Crippen LogP) is 1.67. The molecule has 0 aliphatic carbocycles. The van der Waals surface area contributed by atoms with Crippen LogP contribution in [0.1, 0.15) is 12.0 Å². The number of sulfonamides is 1. The van der Waals surface area contributed by atoms with Crippen molar-refractivity contribution in [2.45, 2.75) is 17.9 Å². The smallest absolute Gasteiger partial charge is 0.243 e. The molecule has 1 aromatic rings. The summed E-state index contributed by atoms with van der Waals surface area (Å²) in [6.07, 6.45) is 0.856. The highest BCUT2D eigenvalue weighted by Crippen LogP contribution is 2.22. The minimum absolute atomic E-state index is 0.177. The maximum absolute atomic E-state index is 13.6. The van der Waals surface area contributed by atoms with Crippen LogP contribution in [0.2, 0.25) is 0 Å². The Kier molecular flexibility index (Phi) is 5.42. The predicted molar refractivity (Wildman–Crippen MR) is 79.9 cm³/mol. The molecule has 1 aliphatic rings. The lowest BCUT2D eigenvalue weighted by Crippen LogP contribution is -2.33. The van der Waals surface area contributed by atoms with Crippen molar-refractivity contribution in [3.8, 4) is 0 Å². The summed E-state index contributed by atoms with van der Waals surface area (Å²) in [5.74, 6) is 1.41. The van der Waals surface area contributed by atoms with Crippen molar-refractivity contribution in [1.29, 1.82) is 0 Å². The minimum Gasteiger partial charge on any atom is -0.316 e. The Balaban J connectivity index is 2.30. The van der Waals surface area contributed by atoms with E-state index in [2.05, 4.69) is 5.32 Å². The van der Waals surface area contributed by atoms with Crippen molar-refractivity contribution in [3.05, 3.63) is 29.6 Å². The van der Waals surface area contributed by atoms with Crippen molar-refractivity contribution in [3.63, 3.8) is 0 Å². The standard InChI is InChI=1S/C13H19FN2O2S2/c1-15-10-11-9-12(3-4-13(11)14)20(17,18)16-5-2-7-19-8-6-16/h3-4,9,15H,2,5-8,10H2,1H3. The number of hydrogen-bond acceptors (Lipinski definition) is 4. The molecule has 1 N–H and O–H groups in total. The second-order valence-electron chi connectivity index (χ2n) is 4.65. The zero-order valence-corrected chi connectivity index (χ0v) is 13.1. The van der Waals surface area contributed by atoms with E-state index >= 15 is 0 Å². The van der Waals surface area contributed by atoms with Crippen LogP contribution in [-0.4, -0.2) is 44.4 Å². The number of thioether (sulfide) groups is 1. The Bertz CT molecular complexity index is 555. The third-order valence-corrected chi connectivity index (χ3v) is 6.15. The first-order chi connectivity index (χ1) is 9.55. The zero-order valence-electron chi connectivity index (χ0n) is 11.4. The first-order valence-corrected chi connectivity index (χ1v) is 9.16. The van der Waals surface area contributed by atoms with Gasteiger partial charge < -0.3 is 5.32 Å². The summed E-state index contributed by atoms with van der Waals surface area (Å²) in [5, 5.41) is 2.84. The molecule has 1 heterocycles. The molecule has 0 radical (unpaired) electrons. The Morgan fingerprint density at radius 3 is 2.90 bits per heavy atom. The summed E-state index contributed by atoms with van der Waals surface area (Å²) < 4.78 is 40.3. The summed E-state index contributed by atoms with van der Waals surface area (Å²) in [5.41, 5.74) is 0.373. The van der Waals surface area contributed by atoms with Gasteiger partial charge in [0.2, 0.25) is 10.0 Å². The third-order valence-electron chi connectivity index (χ3n) is 3.20. The van der Waals surface area contributed by atoms with Crippen LogP contribution in [0.4, 0.5) is 4.39 Å². The Morgan fingerprint density at radius 1 is 1.35 bits per heavy atom. The monoisotopic (exact) mass is 318 g/mol. The fraction of sp³-hybridized carbons (Fsp3) is 0.538. The summed E-state index contributed by atoms with van der Waals surface area (Å²) in [6, 6.07) is 4.01. The van der Waals surface area contributed by atoms with Gasteiger partial charge in [-0.25, -0.2) is 12.8 Å². The SMILES string of the molecule is CNCc1cc(S(=O)(=O)N2CCCSCC2)ccc1F. The van der Waals surface area contributed by atoms with Gasteiger partial charge in [0.25, 0.3) is 0 Å². The van der Waals surface area contributed by atoms with E-state index < -0.39 is 10.0 Å². The highest BCUT2D eigenvalue weighted by molar-refractivity contribution is 7.99. The van der Waals surface area contributed by atoms with E-state index in [0.29, 0.717) is 25.2 Å². The molecule has 1 saturated heterocycles. The van der Waals surface area contributed by atoms with Crippen molar-refractivity contribution in [1.82, 2.24) is 9.62 Å². The third kappa shape index (κ3) is 3.52. The first-order valence-electron chi connectivity index (χ1n) is 6.56. The lowest BCUT2D eigenvalue weighted by Gasteiger charge is -2.20. The molecule has 2 rings (SSSR count). The van der Waals surface area contributed by atoms with Crippen LogP contribution in [0.15, 0.2) is 23.1 Å². The van der Waals surface area contributed by atoms with Crippen LogP contribution in [0.3, 0.4) is 0 Å². The fourth-order valence-electron chi connectivity index (χ4n) is 2.15. The Morgan fingerprint density at radius 2 is 2.15 bits per heavy atom. The van der Waals surface area contributed by atoms with Gasteiger partial charge >= 0.3 is 0 Å². The molecule has 1 aliphatic heterocycles. The molecule has 7 heteroatoms. The molecule has 0 bridgehead atoms. The number of halogens is 1. The van der Waals surface area contributed by atoms with E-state index in [-0.39, 0.29) is 10.7 Å². The normalized spacial score (nSPS) is 17.9. The van der Waals surface area contributed by atoms with Crippen LogP contribution in [0, 0.1) is 5.82 Å². The average molecular weight is 318 g/mol. The van der Waals surface area contributed by atoms with Gasteiger partial charge in [-0.05, 0) is 37.4 Å². The van der Waals surface area contributed by atoms with Gasteiger partial charge in [0, 0.05) is 31.0 Å². The molecule has 20 heavy (non-hydrogen) atoms. The lowest BCUT2D eigenvalue weighted by molar-refractivity contribution is 0.434. The summed E-state index contributed by atoms with van der Waals surface area (Å²) in [4.78, 5) is 0.177. The van der Waals surface area contributed by atoms with Crippen molar-refractivity contribution in [2.75, 3.05) is 31.6 Å². The minimum atomic E-state index is -3.52. The number of rotatable bonds is 4. The maximum atomic E-state index is 13.6. The highest BCUT2D eigenvalue weighted by Gasteiger charge is 2.25. The van der Waals surface area contributed by atoms with Crippen LogP contribution in [0.5, 0.6) is 0 Å². The fourth-order valence-corrected chi connectivity index (χ4v) is 4.68. The number of benzene rings is 1. The van der Waals surface area contributed by atoms with Gasteiger partial charge in [-0.3, -0.25) is 0 Å². The van der Waals surface area contributed by atoms with E-state index in [0.717, 1.165) is 17.9 Å². The van der Waals surface area contributed by atoms with E-state index in [1.807, 2.05) is 0 Å². The Hall–Kier alpha value is -0.630. The second-order valence-corrected chi connectivity index (χ2v) is 7.82. The summed E-state index contributed by atoms with van der Waals surface area (Å²) in [7, 11) is -1.82. The van der Waals surface area contributed by atoms with E-state index in [9.17, 15) is 12.8 Å². The molecule has 0 amide bonds. The molecule has 4 nitrogen and oxygen atoms in total. The molecule has 0 atom stereocenters. The summed E-state index contributed by atoms with van der Waals surface area (Å²) >= 11 is 1.77. The largest absolute Gasteiger partial charge is 0.316 e. The van der Waals surface area contributed by atoms with Crippen LogP contribution >= 0.6 is 11.8 Å². The molecule has 1 fully saturated rings. The molecule has 0 spiro atoms. The van der Waals surface area contributed by atoms with Gasteiger partial charge in [0.05, 0.1) is 4.90 Å². The van der Waals surface area contributed by atoms with E-state index in [1.165, 1.54) is 22.5 Å². The van der Waals surface area contributed by atoms with Gasteiger partial charge in [0.15, 0.2) is 0 Å². The number of nitrogens with zero attached hydrogens (tertiary/aromatic N) is 1. The van der Waals surface area contributed by atoms with Gasteiger partial charge in [-0.1, -0.05) is 0 Å². The Labute approximate surface area is 123 Å². The quantitative estimate of drug-likeness (QED) is 0.917. The molecule has 112 valence electrons. The van der Waals surface area contributed by atoms with E-state index in [1.54, 1.807) is 18.8 Å². The molecule has 1 aromatic carbocycles. The first kappa shape index (κ1) is 15.8. The molecular weight excluding hydrogens is 299 g/mol. The number of nitrogens with one attached hydrogen (secondary N) is 1. The average Bonchev–Trinajstić information content (AvgIpc) is 2.70. The second kappa shape index (κ2) is 6.89. The van der Waals surface area contributed by atoms with Crippen LogP contribution in [-0.2, 0) is 16.6 Å². The van der Waals surface area contributed by atoms with Crippen LogP contribution < -0.4 is 5.32 Å².